The van der Waals surface area contributed by atoms with E-state index in [9.17, 15) is 4.79 Å². The maximum absolute atomic E-state index is 13.2. The maximum atomic E-state index is 13.2. The minimum Gasteiger partial charge on any atom is -0.494 e. The van der Waals surface area contributed by atoms with Gasteiger partial charge in [0.25, 0.3) is 5.91 Å². The molecule has 8 heteroatoms. The molecule has 0 atom stereocenters. The molecule has 0 unspecified atom stereocenters. The summed E-state index contributed by atoms with van der Waals surface area (Å²) in [5.74, 6) is 0.694. The topological polar surface area (TPSA) is 54.5 Å². The zero-order valence-corrected chi connectivity index (χ0v) is 22.5. The Hall–Kier alpha value is -2.45. The molecular weight excluding hydrogens is 498 g/mol. The highest BCUT2D eigenvalue weighted by Gasteiger charge is 2.27. The molecule has 3 heterocycles. The highest BCUT2D eigenvalue weighted by atomic mass is 35.5. The van der Waals surface area contributed by atoms with Gasteiger partial charge in [-0.15, -0.1) is 35.1 Å². The lowest BCUT2D eigenvalue weighted by atomic mass is 10.0. The van der Waals surface area contributed by atoms with Crippen LogP contribution in [0, 0.1) is 0 Å². The Morgan fingerprint density at radius 1 is 1.11 bits per heavy atom. The molecule has 1 aliphatic rings. The van der Waals surface area contributed by atoms with Crippen molar-refractivity contribution in [2.45, 2.75) is 39.7 Å². The number of halogens is 1. The van der Waals surface area contributed by atoms with Crippen molar-refractivity contribution in [1.29, 1.82) is 0 Å². The molecule has 1 aliphatic heterocycles. The molecule has 2 aromatic carbocycles. The molecular formula is C27H30ClN3O2S2. The number of thiophene rings is 1. The fraction of sp³-hybridized carbons (Fsp3) is 0.333. The van der Waals surface area contributed by atoms with Crippen LogP contribution in [0.15, 0.2) is 48.5 Å². The van der Waals surface area contributed by atoms with Gasteiger partial charge in [0.05, 0.1) is 16.8 Å². The standard InChI is InChI=1S/C27H29N3O2S2.ClH/c1-3-5-16-32-19-12-10-18(11-13-19)25(31)29-27-24(20-14-15-30(4-2)17-23(20)34-27)26-28-21-8-6-7-9-22(21)33-26;/h6-13H,3-5,14-17H2,1-2H3,(H,29,31);1H. The smallest absolute Gasteiger partial charge is 0.256 e. The van der Waals surface area contributed by atoms with Gasteiger partial charge in [-0.25, -0.2) is 4.98 Å². The fourth-order valence-corrected chi connectivity index (χ4v) is 6.63. The number of unbranched alkanes of at least 4 members (excludes halogenated alkanes) is 1. The lowest BCUT2D eigenvalue weighted by Gasteiger charge is -2.25. The van der Waals surface area contributed by atoms with Gasteiger partial charge in [0.2, 0.25) is 0 Å². The number of ether oxygens (including phenoxy) is 1. The van der Waals surface area contributed by atoms with E-state index in [1.54, 1.807) is 22.7 Å². The van der Waals surface area contributed by atoms with Crippen molar-refractivity contribution >= 4 is 56.2 Å². The molecule has 1 N–H and O–H groups in total. The molecule has 1 amide bonds. The Kier molecular flexibility index (Phi) is 8.44. The molecule has 0 aliphatic carbocycles. The Balaban J connectivity index is 0.00000289. The van der Waals surface area contributed by atoms with Gasteiger partial charge in [-0.3, -0.25) is 9.69 Å². The van der Waals surface area contributed by atoms with Crippen LogP contribution in [-0.2, 0) is 13.0 Å². The van der Waals surface area contributed by atoms with Crippen molar-refractivity contribution in [3.8, 4) is 16.3 Å². The number of benzene rings is 2. The number of aromatic nitrogens is 1. The lowest BCUT2D eigenvalue weighted by Crippen LogP contribution is -2.29. The van der Waals surface area contributed by atoms with Crippen LogP contribution < -0.4 is 10.1 Å². The Morgan fingerprint density at radius 2 is 1.91 bits per heavy atom. The highest BCUT2D eigenvalue weighted by Crippen LogP contribution is 2.45. The van der Waals surface area contributed by atoms with E-state index in [1.165, 1.54) is 15.1 Å². The molecule has 0 bridgehead atoms. The summed E-state index contributed by atoms with van der Waals surface area (Å²) in [6.07, 6.45) is 3.10. The number of thiazole rings is 1. The minimum atomic E-state index is -0.103. The fourth-order valence-electron chi connectivity index (χ4n) is 4.23. The molecule has 5 nitrogen and oxygen atoms in total. The van der Waals surface area contributed by atoms with E-state index in [2.05, 4.69) is 36.2 Å². The number of hydrogen-bond donors (Lipinski definition) is 1. The first kappa shape index (κ1) is 25.6. The van der Waals surface area contributed by atoms with Gasteiger partial charge in [-0.1, -0.05) is 32.4 Å². The van der Waals surface area contributed by atoms with Crippen LogP contribution in [0.3, 0.4) is 0 Å². The number of rotatable bonds is 8. The van der Waals surface area contributed by atoms with Crippen molar-refractivity contribution in [2.24, 2.45) is 0 Å². The first-order valence-electron chi connectivity index (χ1n) is 11.9. The highest BCUT2D eigenvalue weighted by molar-refractivity contribution is 7.23. The molecule has 0 fully saturated rings. The summed E-state index contributed by atoms with van der Waals surface area (Å²) in [6.45, 7) is 8.03. The number of anilines is 1. The van der Waals surface area contributed by atoms with Crippen LogP contribution in [0.5, 0.6) is 5.75 Å². The molecule has 2 aromatic heterocycles. The Morgan fingerprint density at radius 3 is 2.66 bits per heavy atom. The van der Waals surface area contributed by atoms with E-state index in [0.29, 0.717) is 12.2 Å². The normalized spacial score (nSPS) is 13.3. The van der Waals surface area contributed by atoms with Gasteiger partial charge in [-0.2, -0.15) is 0 Å². The van der Waals surface area contributed by atoms with E-state index in [1.807, 2.05) is 36.4 Å². The maximum Gasteiger partial charge on any atom is 0.256 e. The van der Waals surface area contributed by atoms with Gasteiger partial charge in [0.1, 0.15) is 15.8 Å². The van der Waals surface area contributed by atoms with Crippen LogP contribution in [0.1, 0.15) is 47.5 Å². The number of para-hydroxylation sites is 1. The number of amides is 1. The summed E-state index contributed by atoms with van der Waals surface area (Å²) in [5.41, 5.74) is 4.07. The first-order valence-corrected chi connectivity index (χ1v) is 13.6. The number of fused-ring (bicyclic) bond motifs is 2. The van der Waals surface area contributed by atoms with E-state index >= 15 is 0 Å². The van der Waals surface area contributed by atoms with E-state index < -0.39 is 0 Å². The average molecular weight is 528 g/mol. The van der Waals surface area contributed by atoms with Crippen molar-refractivity contribution in [3.63, 3.8) is 0 Å². The van der Waals surface area contributed by atoms with Crippen LogP contribution in [0.2, 0.25) is 0 Å². The number of likely N-dealkylation sites (N-methyl/N-ethyl adjacent to an activating group) is 1. The molecule has 0 saturated carbocycles. The molecule has 184 valence electrons. The van der Waals surface area contributed by atoms with Crippen molar-refractivity contribution < 1.29 is 9.53 Å². The second-order valence-corrected chi connectivity index (χ2v) is 10.6. The SMILES string of the molecule is CCCCOc1ccc(C(=O)Nc2sc3c(c2-c2nc4ccccc4s2)CCN(CC)C3)cc1.Cl. The summed E-state index contributed by atoms with van der Waals surface area (Å²) < 4.78 is 6.91. The van der Waals surface area contributed by atoms with E-state index in [4.69, 9.17) is 9.72 Å². The third kappa shape index (κ3) is 5.54. The molecule has 0 spiro atoms. The lowest BCUT2D eigenvalue weighted by molar-refractivity contribution is 0.102. The van der Waals surface area contributed by atoms with E-state index in [0.717, 1.165) is 65.7 Å². The van der Waals surface area contributed by atoms with Gasteiger partial charge in [0, 0.05) is 29.1 Å². The molecule has 5 rings (SSSR count). The molecule has 35 heavy (non-hydrogen) atoms. The number of nitrogens with zero attached hydrogens (tertiary/aromatic N) is 2. The van der Waals surface area contributed by atoms with Crippen LogP contribution in [0.4, 0.5) is 5.00 Å². The van der Waals surface area contributed by atoms with Crippen molar-refractivity contribution in [1.82, 2.24) is 9.88 Å². The number of carbonyl (C=O) groups excluding carboxylic acids is 1. The zero-order valence-electron chi connectivity index (χ0n) is 20.0. The third-order valence-corrected chi connectivity index (χ3v) is 8.39. The largest absolute Gasteiger partial charge is 0.494 e. The Labute approximate surface area is 220 Å². The van der Waals surface area contributed by atoms with Crippen molar-refractivity contribution in [2.75, 3.05) is 25.0 Å². The second kappa shape index (κ2) is 11.5. The average Bonchev–Trinajstić information content (AvgIpc) is 3.44. The van der Waals surface area contributed by atoms with Gasteiger partial charge < -0.3 is 10.1 Å². The van der Waals surface area contributed by atoms with Crippen LogP contribution in [0.25, 0.3) is 20.8 Å². The summed E-state index contributed by atoms with van der Waals surface area (Å²) in [7, 11) is 0. The summed E-state index contributed by atoms with van der Waals surface area (Å²) in [4.78, 5) is 21.9. The monoisotopic (exact) mass is 527 g/mol. The molecule has 0 radical (unpaired) electrons. The van der Waals surface area contributed by atoms with Crippen molar-refractivity contribution in [3.05, 3.63) is 64.5 Å². The summed E-state index contributed by atoms with van der Waals surface area (Å²) in [5, 5.41) is 5.10. The summed E-state index contributed by atoms with van der Waals surface area (Å²) >= 11 is 3.39. The zero-order chi connectivity index (χ0) is 23.5. The van der Waals surface area contributed by atoms with Gasteiger partial charge in [0.15, 0.2) is 0 Å². The minimum absolute atomic E-state index is 0. The predicted octanol–water partition coefficient (Wildman–Crippen LogP) is 7.26. The summed E-state index contributed by atoms with van der Waals surface area (Å²) in [6, 6.07) is 15.6. The third-order valence-electron chi connectivity index (χ3n) is 6.20. The molecule has 4 aromatic rings. The number of nitrogens with one attached hydrogen (secondary N) is 1. The van der Waals surface area contributed by atoms with Crippen LogP contribution >= 0.6 is 35.1 Å². The van der Waals surface area contributed by atoms with Gasteiger partial charge in [-0.05, 0) is 61.3 Å². The van der Waals surface area contributed by atoms with Crippen LogP contribution in [-0.4, -0.2) is 35.5 Å². The quantitative estimate of drug-likeness (QED) is 0.245. The number of hydrogen-bond acceptors (Lipinski definition) is 6. The second-order valence-electron chi connectivity index (χ2n) is 8.49. The number of carbonyl (C=O) groups is 1. The predicted molar refractivity (Wildman–Crippen MR) is 150 cm³/mol. The molecule has 0 saturated heterocycles. The van der Waals surface area contributed by atoms with Gasteiger partial charge >= 0.3 is 0 Å². The van der Waals surface area contributed by atoms with E-state index in [-0.39, 0.29) is 18.3 Å². The Bertz CT molecular complexity index is 1270. The first-order chi connectivity index (χ1) is 16.7.